The van der Waals surface area contributed by atoms with Crippen LogP contribution in [0.1, 0.15) is 32.0 Å². The molecule has 2 aromatic heterocycles. The van der Waals surface area contributed by atoms with Crippen LogP contribution in [0.25, 0.3) is 11.4 Å². The van der Waals surface area contributed by atoms with E-state index in [-0.39, 0.29) is 11.8 Å². The molecule has 0 spiro atoms. The zero-order chi connectivity index (χ0) is 22.1. The van der Waals surface area contributed by atoms with Crippen molar-refractivity contribution in [3.63, 3.8) is 0 Å². The van der Waals surface area contributed by atoms with Gasteiger partial charge in [-0.25, -0.2) is 0 Å². The van der Waals surface area contributed by atoms with Crippen LogP contribution in [0.4, 0.5) is 0 Å². The number of fused-ring (bicyclic) bond motifs is 1. The molecule has 5 rings (SSSR count). The van der Waals surface area contributed by atoms with Gasteiger partial charge in [-0.1, -0.05) is 47.7 Å². The van der Waals surface area contributed by atoms with E-state index in [9.17, 15) is 9.59 Å². The van der Waals surface area contributed by atoms with Crippen molar-refractivity contribution < 1.29 is 14.0 Å². The average Bonchev–Trinajstić information content (AvgIpc) is 3.51. The summed E-state index contributed by atoms with van der Waals surface area (Å²) in [6.45, 7) is 2.82. The van der Waals surface area contributed by atoms with E-state index >= 15 is 0 Å². The number of furan rings is 1. The molecule has 0 N–H and O–H groups in total. The van der Waals surface area contributed by atoms with Crippen molar-refractivity contribution in [2.75, 3.05) is 12.3 Å². The number of rotatable bonds is 7. The third-order valence-corrected chi connectivity index (χ3v) is 6.26. The molecular weight excluding hydrogens is 424 g/mol. The lowest BCUT2D eigenvalue weighted by molar-refractivity contribution is 0.0664. The number of imide groups is 1. The van der Waals surface area contributed by atoms with Gasteiger partial charge in [0.25, 0.3) is 11.8 Å². The molecule has 0 bridgehead atoms. The van der Waals surface area contributed by atoms with Crippen LogP contribution >= 0.6 is 11.8 Å². The van der Waals surface area contributed by atoms with Gasteiger partial charge < -0.3 is 4.42 Å². The van der Waals surface area contributed by atoms with Crippen molar-refractivity contribution in [3.8, 4) is 11.4 Å². The lowest BCUT2D eigenvalue weighted by atomic mass is 10.1. The van der Waals surface area contributed by atoms with Gasteiger partial charge in [0.15, 0.2) is 11.0 Å². The molecule has 3 heterocycles. The summed E-state index contributed by atoms with van der Waals surface area (Å²) >= 11 is 1.46. The SMILES string of the molecule is Cc1cccc(-c2nnc(SCCN3C(=O)c4ccccc4C3=O)n2Cc2ccco2)c1. The van der Waals surface area contributed by atoms with Crippen molar-refractivity contribution >= 4 is 23.6 Å². The Bertz CT molecular complexity index is 1260. The molecule has 0 saturated carbocycles. The maximum atomic E-state index is 12.6. The summed E-state index contributed by atoms with van der Waals surface area (Å²) in [5, 5.41) is 9.52. The fourth-order valence-electron chi connectivity index (χ4n) is 3.76. The van der Waals surface area contributed by atoms with E-state index in [1.54, 1.807) is 30.5 Å². The summed E-state index contributed by atoms with van der Waals surface area (Å²) in [7, 11) is 0. The van der Waals surface area contributed by atoms with Crippen LogP contribution < -0.4 is 0 Å². The molecule has 2 aromatic carbocycles. The Kier molecular flexibility index (Phi) is 5.36. The van der Waals surface area contributed by atoms with Crippen molar-refractivity contribution in [1.82, 2.24) is 19.7 Å². The zero-order valence-corrected chi connectivity index (χ0v) is 18.2. The number of amides is 2. The Labute approximate surface area is 189 Å². The van der Waals surface area contributed by atoms with Gasteiger partial charge in [0.05, 0.1) is 23.9 Å². The predicted molar refractivity (Wildman–Crippen MR) is 121 cm³/mol. The lowest BCUT2D eigenvalue weighted by Crippen LogP contribution is -2.31. The van der Waals surface area contributed by atoms with Crippen molar-refractivity contribution in [1.29, 1.82) is 0 Å². The van der Waals surface area contributed by atoms with Gasteiger partial charge in [-0.3, -0.25) is 19.1 Å². The number of hydrogen-bond donors (Lipinski definition) is 0. The molecule has 0 atom stereocenters. The molecule has 0 saturated heterocycles. The first-order chi connectivity index (χ1) is 15.6. The van der Waals surface area contributed by atoms with E-state index in [1.165, 1.54) is 16.7 Å². The first-order valence-corrected chi connectivity index (χ1v) is 11.2. The van der Waals surface area contributed by atoms with E-state index in [1.807, 2.05) is 41.8 Å². The lowest BCUT2D eigenvalue weighted by Gasteiger charge is -2.13. The molecular formula is C24H20N4O3S. The van der Waals surface area contributed by atoms with Crippen LogP contribution in [0, 0.1) is 6.92 Å². The van der Waals surface area contributed by atoms with Crippen LogP contribution in [-0.4, -0.2) is 43.8 Å². The molecule has 1 aliphatic heterocycles. The van der Waals surface area contributed by atoms with E-state index < -0.39 is 0 Å². The van der Waals surface area contributed by atoms with Gasteiger partial charge in [-0.2, -0.15) is 0 Å². The molecule has 160 valence electrons. The van der Waals surface area contributed by atoms with Crippen LogP contribution in [-0.2, 0) is 6.54 Å². The number of carbonyl (C=O) groups is 2. The predicted octanol–water partition coefficient (Wildman–Crippen LogP) is 4.28. The molecule has 32 heavy (non-hydrogen) atoms. The average molecular weight is 445 g/mol. The standard InChI is InChI=1S/C24H20N4O3S/c1-16-6-4-7-17(14-16)21-25-26-24(28(21)15-18-8-5-12-31-18)32-13-11-27-22(29)19-9-2-3-10-20(19)23(27)30/h2-10,12,14H,11,13,15H2,1H3. The number of nitrogens with zero attached hydrogens (tertiary/aromatic N) is 4. The molecule has 1 aliphatic rings. The topological polar surface area (TPSA) is 81.2 Å². The highest BCUT2D eigenvalue weighted by atomic mass is 32.2. The summed E-state index contributed by atoms with van der Waals surface area (Å²) in [5.74, 6) is 1.55. The molecule has 8 heteroatoms. The monoisotopic (exact) mass is 444 g/mol. The van der Waals surface area contributed by atoms with Gasteiger partial charge >= 0.3 is 0 Å². The van der Waals surface area contributed by atoms with Gasteiger partial charge in [0.1, 0.15) is 5.76 Å². The number of aryl methyl sites for hydroxylation is 1. The Morgan fingerprint density at radius 2 is 1.72 bits per heavy atom. The number of carbonyl (C=O) groups excluding carboxylic acids is 2. The summed E-state index contributed by atoms with van der Waals surface area (Å²) in [4.78, 5) is 26.5. The fraction of sp³-hybridized carbons (Fsp3) is 0.167. The summed E-state index contributed by atoms with van der Waals surface area (Å²) in [5.41, 5.74) is 3.03. The van der Waals surface area contributed by atoms with E-state index in [4.69, 9.17) is 4.42 Å². The number of hydrogen-bond acceptors (Lipinski definition) is 6. The maximum absolute atomic E-state index is 12.6. The minimum absolute atomic E-state index is 0.247. The van der Waals surface area contributed by atoms with E-state index in [0.29, 0.717) is 35.1 Å². The maximum Gasteiger partial charge on any atom is 0.261 e. The third kappa shape index (κ3) is 3.73. The normalized spacial score (nSPS) is 13.1. The molecule has 2 amide bonds. The first-order valence-electron chi connectivity index (χ1n) is 10.2. The molecule has 4 aromatic rings. The molecule has 0 aliphatic carbocycles. The third-order valence-electron chi connectivity index (χ3n) is 5.31. The van der Waals surface area contributed by atoms with Gasteiger partial charge in [0.2, 0.25) is 0 Å². The highest BCUT2D eigenvalue weighted by molar-refractivity contribution is 7.99. The summed E-state index contributed by atoms with van der Waals surface area (Å²) < 4.78 is 7.54. The number of thioether (sulfide) groups is 1. The second-order valence-corrected chi connectivity index (χ2v) is 8.56. The minimum Gasteiger partial charge on any atom is -0.467 e. The fourth-order valence-corrected chi connectivity index (χ4v) is 4.63. The van der Waals surface area contributed by atoms with E-state index in [2.05, 4.69) is 16.3 Å². The zero-order valence-electron chi connectivity index (χ0n) is 17.4. The van der Waals surface area contributed by atoms with Gasteiger partial charge in [0, 0.05) is 17.9 Å². The highest BCUT2D eigenvalue weighted by Crippen LogP contribution is 2.27. The number of aromatic nitrogens is 3. The van der Waals surface area contributed by atoms with Crippen LogP contribution in [0.2, 0.25) is 0 Å². The van der Waals surface area contributed by atoms with Gasteiger partial charge in [-0.15, -0.1) is 10.2 Å². The van der Waals surface area contributed by atoms with Crippen molar-refractivity contribution in [3.05, 3.63) is 89.4 Å². The summed E-state index contributed by atoms with van der Waals surface area (Å²) in [6.07, 6.45) is 1.64. The van der Waals surface area contributed by atoms with Crippen molar-refractivity contribution in [2.24, 2.45) is 0 Å². The Morgan fingerprint density at radius 3 is 2.41 bits per heavy atom. The van der Waals surface area contributed by atoms with Crippen LogP contribution in [0.15, 0.2) is 76.5 Å². The molecule has 0 fully saturated rings. The van der Waals surface area contributed by atoms with Gasteiger partial charge in [-0.05, 0) is 37.3 Å². The van der Waals surface area contributed by atoms with Crippen LogP contribution in [0.3, 0.4) is 0 Å². The van der Waals surface area contributed by atoms with Crippen LogP contribution in [0.5, 0.6) is 0 Å². The largest absolute Gasteiger partial charge is 0.467 e. The number of benzene rings is 2. The first kappa shape index (κ1) is 20.3. The van der Waals surface area contributed by atoms with Crippen molar-refractivity contribution in [2.45, 2.75) is 18.6 Å². The minimum atomic E-state index is -0.247. The molecule has 0 radical (unpaired) electrons. The quantitative estimate of drug-likeness (QED) is 0.313. The second kappa shape index (κ2) is 8.47. The molecule has 7 nitrogen and oxygen atoms in total. The Morgan fingerprint density at radius 1 is 0.938 bits per heavy atom. The summed E-state index contributed by atoms with van der Waals surface area (Å²) in [6, 6.07) is 18.8. The smallest absolute Gasteiger partial charge is 0.261 e. The molecule has 0 unspecified atom stereocenters. The second-order valence-electron chi connectivity index (χ2n) is 7.50. The Balaban J connectivity index is 1.36. The highest BCUT2D eigenvalue weighted by Gasteiger charge is 2.34. The Hall–Kier alpha value is -3.65. The van der Waals surface area contributed by atoms with E-state index in [0.717, 1.165) is 22.7 Å².